The lowest BCUT2D eigenvalue weighted by Crippen LogP contribution is -2.10. The smallest absolute Gasteiger partial charge is 0.159 e. The molecule has 0 saturated carbocycles. The Morgan fingerprint density at radius 2 is 0.961 bits per heavy atom. The van der Waals surface area contributed by atoms with E-state index >= 15 is 0 Å². The van der Waals surface area contributed by atoms with Crippen LogP contribution in [0.5, 0.6) is 0 Å². The Morgan fingerprint density at radius 3 is 1.75 bits per heavy atom. The highest BCUT2D eigenvalue weighted by Gasteiger charge is 2.24. The highest BCUT2D eigenvalue weighted by atomic mass is 16.3. The second-order valence-electron chi connectivity index (χ2n) is 12.9. The van der Waals surface area contributed by atoms with Crippen LogP contribution in [0.1, 0.15) is 0 Å². The maximum Gasteiger partial charge on any atom is 0.159 e. The predicted octanol–water partition coefficient (Wildman–Crippen LogP) is 13.5. The first-order chi connectivity index (χ1) is 25.3. The molecule has 0 aliphatic carbocycles. The van der Waals surface area contributed by atoms with Crippen LogP contribution in [0, 0.1) is 0 Å². The van der Waals surface area contributed by atoms with Crippen LogP contribution in [-0.4, -0.2) is 4.57 Å². The lowest BCUT2D eigenvalue weighted by molar-refractivity contribution is 0.669. The minimum absolute atomic E-state index is 0.862. The van der Waals surface area contributed by atoms with Crippen LogP contribution in [0.4, 0.5) is 17.1 Å². The second-order valence-corrected chi connectivity index (χ2v) is 12.9. The molecule has 0 N–H and O–H groups in total. The number of hydrogen-bond donors (Lipinski definition) is 0. The molecule has 51 heavy (non-hydrogen) atoms. The SMILES string of the molecule is c1ccc(-c2ccccc2-c2ccc(N(c3cccc4c3oc3ccccc34)c3cccc4c3c3ccccc3n4-c3ccccc3)cc2)cc1. The van der Waals surface area contributed by atoms with Gasteiger partial charge >= 0.3 is 0 Å². The quantitative estimate of drug-likeness (QED) is 0.178. The largest absolute Gasteiger partial charge is 0.454 e. The summed E-state index contributed by atoms with van der Waals surface area (Å²) in [7, 11) is 0. The van der Waals surface area contributed by atoms with Gasteiger partial charge in [0, 0.05) is 32.9 Å². The van der Waals surface area contributed by atoms with Crippen LogP contribution >= 0.6 is 0 Å². The molecule has 0 atom stereocenters. The van der Waals surface area contributed by atoms with Gasteiger partial charge in [0.05, 0.1) is 22.4 Å². The topological polar surface area (TPSA) is 21.3 Å². The number of aromatic nitrogens is 1. The average Bonchev–Trinajstić information content (AvgIpc) is 3.76. The fraction of sp³-hybridized carbons (Fsp3) is 0. The van der Waals surface area contributed by atoms with E-state index < -0.39 is 0 Å². The van der Waals surface area contributed by atoms with E-state index in [0.29, 0.717) is 0 Å². The molecule has 0 aliphatic heterocycles. The summed E-state index contributed by atoms with van der Waals surface area (Å²) in [6.45, 7) is 0. The van der Waals surface area contributed by atoms with Gasteiger partial charge in [-0.1, -0.05) is 140 Å². The summed E-state index contributed by atoms with van der Waals surface area (Å²) in [6, 6.07) is 69.0. The van der Waals surface area contributed by atoms with Crippen molar-refractivity contribution < 1.29 is 4.42 Å². The van der Waals surface area contributed by atoms with Crippen LogP contribution in [0.3, 0.4) is 0 Å². The van der Waals surface area contributed by atoms with Gasteiger partial charge in [0.25, 0.3) is 0 Å². The van der Waals surface area contributed by atoms with E-state index in [2.05, 4.69) is 198 Å². The maximum absolute atomic E-state index is 6.69. The highest BCUT2D eigenvalue weighted by molar-refractivity contribution is 6.18. The molecule has 8 aromatic carbocycles. The van der Waals surface area contributed by atoms with Crippen LogP contribution < -0.4 is 4.90 Å². The molecule has 0 radical (unpaired) electrons. The number of benzene rings is 8. The number of hydrogen-bond acceptors (Lipinski definition) is 2. The highest BCUT2D eigenvalue weighted by Crippen LogP contribution is 2.47. The summed E-state index contributed by atoms with van der Waals surface area (Å²) in [6.07, 6.45) is 0. The number of para-hydroxylation sites is 4. The van der Waals surface area contributed by atoms with Gasteiger partial charge in [0.15, 0.2) is 5.58 Å². The second kappa shape index (κ2) is 11.9. The number of nitrogens with zero attached hydrogens (tertiary/aromatic N) is 2. The molecule has 0 aliphatic rings. The fourth-order valence-electron chi connectivity index (χ4n) is 7.75. The first-order valence-electron chi connectivity index (χ1n) is 17.4. The van der Waals surface area contributed by atoms with E-state index in [0.717, 1.165) is 50.2 Å². The normalized spacial score (nSPS) is 11.5. The molecule has 3 nitrogen and oxygen atoms in total. The van der Waals surface area contributed by atoms with Gasteiger partial charge in [-0.05, 0) is 76.9 Å². The first kappa shape index (κ1) is 29.1. The Kier molecular flexibility index (Phi) is 6.81. The number of fused-ring (bicyclic) bond motifs is 6. The molecule has 0 spiro atoms. The summed E-state index contributed by atoms with van der Waals surface area (Å²) in [5.74, 6) is 0. The molecule has 10 rings (SSSR count). The zero-order valence-electron chi connectivity index (χ0n) is 27.8. The van der Waals surface area contributed by atoms with Crippen molar-refractivity contribution in [3.05, 3.63) is 194 Å². The van der Waals surface area contributed by atoms with Crippen molar-refractivity contribution in [2.75, 3.05) is 4.90 Å². The van der Waals surface area contributed by atoms with E-state index in [1.54, 1.807) is 0 Å². The molecule has 3 heteroatoms. The Balaban J connectivity index is 1.23. The van der Waals surface area contributed by atoms with Gasteiger partial charge in [-0.2, -0.15) is 0 Å². The molecule has 0 saturated heterocycles. The van der Waals surface area contributed by atoms with Crippen molar-refractivity contribution in [1.29, 1.82) is 0 Å². The van der Waals surface area contributed by atoms with Gasteiger partial charge in [0.1, 0.15) is 5.58 Å². The number of rotatable bonds is 6. The minimum Gasteiger partial charge on any atom is -0.454 e. The Bertz CT molecular complexity index is 2850. The van der Waals surface area contributed by atoms with Crippen molar-refractivity contribution in [2.24, 2.45) is 0 Å². The van der Waals surface area contributed by atoms with E-state index in [9.17, 15) is 0 Å². The van der Waals surface area contributed by atoms with Crippen molar-refractivity contribution in [3.8, 4) is 27.9 Å². The summed E-state index contributed by atoms with van der Waals surface area (Å²) in [5.41, 5.74) is 13.1. The molecular formula is C48H32N2O. The Morgan fingerprint density at radius 1 is 0.392 bits per heavy atom. The first-order valence-corrected chi connectivity index (χ1v) is 17.4. The van der Waals surface area contributed by atoms with Gasteiger partial charge in [-0.15, -0.1) is 0 Å². The maximum atomic E-state index is 6.69. The van der Waals surface area contributed by atoms with E-state index in [4.69, 9.17) is 4.42 Å². The molecule has 0 fully saturated rings. The molecule has 0 amide bonds. The summed E-state index contributed by atoms with van der Waals surface area (Å²) < 4.78 is 9.07. The number of anilines is 3. The molecule has 0 bridgehead atoms. The van der Waals surface area contributed by atoms with Gasteiger partial charge in [-0.25, -0.2) is 0 Å². The van der Waals surface area contributed by atoms with Gasteiger partial charge < -0.3 is 13.9 Å². The molecule has 2 heterocycles. The van der Waals surface area contributed by atoms with Gasteiger partial charge in [-0.3, -0.25) is 0 Å². The molecule has 240 valence electrons. The molecule has 2 aromatic heterocycles. The molecule has 0 unspecified atom stereocenters. The van der Waals surface area contributed by atoms with Crippen LogP contribution in [0.2, 0.25) is 0 Å². The molecule has 10 aromatic rings. The lowest BCUT2D eigenvalue weighted by Gasteiger charge is -2.27. The van der Waals surface area contributed by atoms with Crippen molar-refractivity contribution in [1.82, 2.24) is 4.57 Å². The fourth-order valence-corrected chi connectivity index (χ4v) is 7.75. The summed E-state index contributed by atoms with van der Waals surface area (Å²) >= 11 is 0. The van der Waals surface area contributed by atoms with E-state index in [1.165, 1.54) is 38.5 Å². The van der Waals surface area contributed by atoms with Crippen molar-refractivity contribution >= 4 is 60.8 Å². The predicted molar refractivity (Wildman–Crippen MR) is 214 cm³/mol. The van der Waals surface area contributed by atoms with Crippen molar-refractivity contribution in [2.45, 2.75) is 0 Å². The summed E-state index contributed by atoms with van der Waals surface area (Å²) in [5, 5.41) is 4.59. The van der Waals surface area contributed by atoms with Crippen LogP contribution in [0.25, 0.3) is 71.7 Å². The monoisotopic (exact) mass is 652 g/mol. The van der Waals surface area contributed by atoms with Crippen LogP contribution in [0.15, 0.2) is 199 Å². The molecular weight excluding hydrogens is 621 g/mol. The third-order valence-electron chi connectivity index (χ3n) is 10.0. The standard InChI is InChI=1S/C48H32N2O/c1-3-15-33(16-4-1)37-19-7-8-20-38(37)34-29-31-36(32-30-34)50(45-27-13-23-40-39-21-10-12-28-46(39)51-48(40)45)44-26-14-25-43-47(44)41-22-9-11-24-42(41)49(43)35-17-5-2-6-18-35/h1-32H. The van der Waals surface area contributed by atoms with Crippen LogP contribution in [-0.2, 0) is 0 Å². The number of furan rings is 1. The Hall–Kier alpha value is -6.84. The third-order valence-corrected chi connectivity index (χ3v) is 10.0. The van der Waals surface area contributed by atoms with Gasteiger partial charge in [0.2, 0.25) is 0 Å². The Labute approximate surface area is 295 Å². The minimum atomic E-state index is 0.862. The van der Waals surface area contributed by atoms with Crippen molar-refractivity contribution in [3.63, 3.8) is 0 Å². The third kappa shape index (κ3) is 4.74. The summed E-state index contributed by atoms with van der Waals surface area (Å²) in [4.78, 5) is 2.38. The zero-order chi connectivity index (χ0) is 33.7. The van der Waals surface area contributed by atoms with E-state index in [-0.39, 0.29) is 0 Å². The lowest BCUT2D eigenvalue weighted by atomic mass is 9.94. The van der Waals surface area contributed by atoms with E-state index in [1.807, 2.05) is 6.07 Å². The zero-order valence-corrected chi connectivity index (χ0v) is 27.8. The average molecular weight is 653 g/mol.